The van der Waals surface area contributed by atoms with E-state index in [0.717, 1.165) is 24.2 Å². The molecule has 1 aliphatic carbocycles. The van der Waals surface area contributed by atoms with Crippen LogP contribution in [0.3, 0.4) is 0 Å². The molecule has 0 bridgehead atoms. The van der Waals surface area contributed by atoms with Gasteiger partial charge in [0.2, 0.25) is 5.91 Å². The van der Waals surface area contributed by atoms with Gasteiger partial charge in [-0.3, -0.25) is 9.59 Å². The average Bonchev–Trinajstić information content (AvgIpc) is 3.24. The Kier molecular flexibility index (Phi) is 9.64. The Labute approximate surface area is 184 Å². The number of anilines is 1. The van der Waals surface area contributed by atoms with Gasteiger partial charge in [-0.2, -0.15) is 0 Å². The zero-order chi connectivity index (χ0) is 20.5. The quantitative estimate of drug-likeness (QED) is 0.564. The van der Waals surface area contributed by atoms with Crippen molar-refractivity contribution in [3.05, 3.63) is 59.7 Å². The summed E-state index contributed by atoms with van der Waals surface area (Å²) in [6.45, 7) is 0.754. The average molecular weight is 432 g/mol. The van der Waals surface area contributed by atoms with E-state index in [1.165, 1.54) is 12.8 Å². The van der Waals surface area contributed by atoms with Crippen molar-refractivity contribution in [3.8, 4) is 5.75 Å². The third-order valence-electron chi connectivity index (χ3n) is 5.02. The zero-order valence-corrected chi connectivity index (χ0v) is 17.9. The molecule has 3 rings (SSSR count). The second-order valence-corrected chi connectivity index (χ2v) is 7.31. The van der Waals surface area contributed by atoms with E-state index in [1.54, 1.807) is 24.3 Å². The number of amides is 2. The van der Waals surface area contributed by atoms with Crippen LogP contribution < -0.4 is 21.1 Å². The third-order valence-corrected chi connectivity index (χ3v) is 5.02. The van der Waals surface area contributed by atoms with Crippen LogP contribution in [0.5, 0.6) is 5.75 Å². The van der Waals surface area contributed by atoms with Crippen molar-refractivity contribution in [3.63, 3.8) is 0 Å². The first-order valence-corrected chi connectivity index (χ1v) is 10.3. The number of ether oxygens (including phenoxy) is 1. The minimum Gasteiger partial charge on any atom is -0.490 e. The molecule has 30 heavy (non-hydrogen) atoms. The van der Waals surface area contributed by atoms with Crippen LogP contribution in [0.2, 0.25) is 0 Å². The maximum atomic E-state index is 12.4. The highest BCUT2D eigenvalue weighted by atomic mass is 35.5. The molecule has 2 aromatic carbocycles. The summed E-state index contributed by atoms with van der Waals surface area (Å²) >= 11 is 0. The number of rotatable bonds is 9. The van der Waals surface area contributed by atoms with Gasteiger partial charge in [-0.1, -0.05) is 24.3 Å². The number of benzene rings is 2. The highest BCUT2D eigenvalue weighted by molar-refractivity contribution is 6.03. The molecular weight excluding hydrogens is 402 g/mol. The van der Waals surface area contributed by atoms with Gasteiger partial charge in [0.25, 0.3) is 5.91 Å². The minimum absolute atomic E-state index is 0. The second-order valence-electron chi connectivity index (χ2n) is 7.31. The van der Waals surface area contributed by atoms with Gasteiger partial charge in [0.15, 0.2) is 0 Å². The molecule has 0 heterocycles. The maximum absolute atomic E-state index is 12.4. The highest BCUT2D eigenvalue weighted by Crippen LogP contribution is 2.25. The Balaban J connectivity index is 0.00000320. The van der Waals surface area contributed by atoms with Gasteiger partial charge in [0.1, 0.15) is 5.75 Å². The Morgan fingerprint density at radius 1 is 1.07 bits per heavy atom. The van der Waals surface area contributed by atoms with Crippen LogP contribution in [0.25, 0.3) is 0 Å². The van der Waals surface area contributed by atoms with Gasteiger partial charge in [-0.15, -0.1) is 12.4 Å². The summed E-state index contributed by atoms with van der Waals surface area (Å²) in [5, 5.41) is 5.58. The Morgan fingerprint density at radius 2 is 1.83 bits per heavy atom. The van der Waals surface area contributed by atoms with E-state index < -0.39 is 0 Å². The molecule has 2 aromatic rings. The number of aryl methyl sites for hydroxylation is 1. The van der Waals surface area contributed by atoms with Crippen molar-refractivity contribution < 1.29 is 14.3 Å². The summed E-state index contributed by atoms with van der Waals surface area (Å²) in [6, 6.07) is 14.9. The van der Waals surface area contributed by atoms with Gasteiger partial charge in [-0.05, 0) is 61.9 Å². The first kappa shape index (κ1) is 23.7. The lowest BCUT2D eigenvalue weighted by atomic mass is 10.1. The summed E-state index contributed by atoms with van der Waals surface area (Å²) in [5.41, 5.74) is 7.43. The van der Waals surface area contributed by atoms with Gasteiger partial charge in [-0.25, -0.2) is 0 Å². The molecule has 0 unspecified atom stereocenters. The van der Waals surface area contributed by atoms with Gasteiger partial charge < -0.3 is 21.1 Å². The largest absolute Gasteiger partial charge is 0.490 e. The monoisotopic (exact) mass is 431 g/mol. The first-order chi connectivity index (χ1) is 14.2. The number of para-hydroxylation sites is 1. The summed E-state index contributed by atoms with van der Waals surface area (Å²) in [6.07, 6.45) is 5.94. The minimum atomic E-state index is -0.247. The van der Waals surface area contributed by atoms with Crippen LogP contribution in [0.4, 0.5) is 5.69 Å². The van der Waals surface area contributed by atoms with Crippen molar-refractivity contribution in [2.75, 3.05) is 18.4 Å². The van der Waals surface area contributed by atoms with Crippen LogP contribution in [0.1, 0.15) is 48.0 Å². The molecule has 0 radical (unpaired) electrons. The van der Waals surface area contributed by atoms with Crippen molar-refractivity contribution in [2.45, 2.75) is 44.6 Å². The predicted molar refractivity (Wildman–Crippen MR) is 121 cm³/mol. The van der Waals surface area contributed by atoms with Gasteiger partial charge in [0, 0.05) is 19.5 Å². The Hall–Kier alpha value is -2.57. The molecule has 0 spiro atoms. The smallest absolute Gasteiger partial charge is 0.253 e. The van der Waals surface area contributed by atoms with Crippen LogP contribution in [-0.4, -0.2) is 31.0 Å². The van der Waals surface area contributed by atoms with E-state index in [9.17, 15) is 9.59 Å². The molecule has 1 aliphatic rings. The molecule has 2 amide bonds. The fourth-order valence-corrected chi connectivity index (χ4v) is 3.51. The lowest BCUT2D eigenvalue weighted by Crippen LogP contribution is -2.30. The van der Waals surface area contributed by atoms with Gasteiger partial charge in [0.05, 0.1) is 17.4 Å². The van der Waals surface area contributed by atoms with Crippen molar-refractivity contribution in [1.29, 1.82) is 0 Å². The van der Waals surface area contributed by atoms with E-state index in [-0.39, 0.29) is 24.2 Å². The van der Waals surface area contributed by atoms with E-state index >= 15 is 0 Å². The van der Waals surface area contributed by atoms with E-state index in [0.29, 0.717) is 43.3 Å². The summed E-state index contributed by atoms with van der Waals surface area (Å²) < 4.78 is 6.04. The molecule has 4 N–H and O–H groups in total. The molecule has 162 valence electrons. The fourth-order valence-electron chi connectivity index (χ4n) is 3.51. The summed E-state index contributed by atoms with van der Waals surface area (Å²) in [5.74, 6) is 0.492. The topological polar surface area (TPSA) is 93.5 Å². The number of hydrogen-bond acceptors (Lipinski definition) is 4. The lowest BCUT2D eigenvalue weighted by molar-refractivity contribution is -0.116. The van der Waals surface area contributed by atoms with Crippen LogP contribution in [-0.2, 0) is 11.2 Å². The Morgan fingerprint density at radius 3 is 2.60 bits per heavy atom. The summed E-state index contributed by atoms with van der Waals surface area (Å²) in [7, 11) is 0. The predicted octanol–water partition coefficient (Wildman–Crippen LogP) is 3.69. The molecule has 1 fully saturated rings. The molecule has 6 nitrogen and oxygen atoms in total. The molecule has 1 saturated carbocycles. The van der Waals surface area contributed by atoms with Crippen molar-refractivity contribution >= 4 is 29.9 Å². The first-order valence-electron chi connectivity index (χ1n) is 10.3. The standard InChI is InChI=1S/C23H29N3O3.ClH/c24-14-15-25-23(28)20-10-3-4-11-21(20)26-22(27)13-12-17-6-5-9-19(16-17)29-18-7-1-2-8-18;/h3-6,9-11,16,18H,1-2,7-8,12-15,24H2,(H,25,28)(H,26,27);1H. The van der Waals surface area contributed by atoms with Crippen LogP contribution in [0, 0.1) is 0 Å². The van der Waals surface area contributed by atoms with Crippen molar-refractivity contribution in [1.82, 2.24) is 5.32 Å². The number of halogens is 1. The van der Waals surface area contributed by atoms with E-state index in [1.807, 2.05) is 24.3 Å². The lowest BCUT2D eigenvalue weighted by Gasteiger charge is -2.14. The summed E-state index contributed by atoms with van der Waals surface area (Å²) in [4.78, 5) is 24.7. The van der Waals surface area contributed by atoms with Crippen LogP contribution in [0.15, 0.2) is 48.5 Å². The number of hydrogen-bond donors (Lipinski definition) is 3. The number of nitrogens with two attached hydrogens (primary N) is 1. The molecule has 0 aliphatic heterocycles. The second kappa shape index (κ2) is 12.2. The normalized spacial score (nSPS) is 13.4. The molecular formula is C23H30ClN3O3. The molecule has 0 aromatic heterocycles. The Bertz CT molecular complexity index is 838. The number of carbonyl (C=O) groups is 2. The SMILES string of the molecule is Cl.NCCNC(=O)c1ccccc1NC(=O)CCc1cccc(OC2CCCC2)c1. The van der Waals surface area contributed by atoms with E-state index in [2.05, 4.69) is 10.6 Å². The third kappa shape index (κ3) is 7.04. The van der Waals surface area contributed by atoms with E-state index in [4.69, 9.17) is 10.5 Å². The highest BCUT2D eigenvalue weighted by Gasteiger charge is 2.17. The maximum Gasteiger partial charge on any atom is 0.253 e. The molecule has 0 saturated heterocycles. The van der Waals surface area contributed by atoms with Crippen LogP contribution >= 0.6 is 12.4 Å². The number of carbonyl (C=O) groups excluding carboxylic acids is 2. The van der Waals surface area contributed by atoms with Crippen molar-refractivity contribution in [2.24, 2.45) is 5.73 Å². The zero-order valence-electron chi connectivity index (χ0n) is 17.1. The molecule has 7 heteroatoms. The number of nitrogens with one attached hydrogen (secondary N) is 2. The van der Waals surface area contributed by atoms with Gasteiger partial charge >= 0.3 is 0 Å². The molecule has 0 atom stereocenters. The fraction of sp³-hybridized carbons (Fsp3) is 0.391.